The van der Waals surface area contributed by atoms with E-state index in [4.69, 9.17) is 5.73 Å². The maximum Gasteiger partial charge on any atom is 0.156 e. The lowest BCUT2D eigenvalue weighted by Gasteiger charge is -2.21. The smallest absolute Gasteiger partial charge is 0.156 e. The van der Waals surface area contributed by atoms with Crippen molar-refractivity contribution in [3.05, 3.63) is 0 Å². The molecule has 13 heavy (non-hydrogen) atoms. The van der Waals surface area contributed by atoms with E-state index in [1.54, 1.807) is 20.8 Å². The topological polar surface area (TPSA) is 60.2 Å². The molecule has 0 aromatic carbocycles. The van der Waals surface area contributed by atoms with Crippen molar-refractivity contribution in [3.63, 3.8) is 0 Å². The van der Waals surface area contributed by atoms with Crippen LogP contribution in [-0.4, -0.2) is 25.0 Å². The Labute approximate surface area is 81.6 Å². The van der Waals surface area contributed by atoms with E-state index in [0.29, 0.717) is 0 Å². The van der Waals surface area contributed by atoms with Crippen molar-refractivity contribution < 1.29 is 8.42 Å². The Balaban J connectivity index is 4.36. The predicted octanol–water partition coefficient (Wildman–Crippen LogP) is 1.33. The van der Waals surface area contributed by atoms with Gasteiger partial charge in [0.25, 0.3) is 0 Å². The quantitative estimate of drug-likeness (QED) is 0.756. The Hall–Kier alpha value is -0.0900. The molecule has 0 amide bonds. The minimum Gasteiger partial charge on any atom is -0.327 e. The maximum absolute atomic E-state index is 11.7. The third kappa shape index (κ3) is 4.09. The molecule has 80 valence electrons. The van der Waals surface area contributed by atoms with Crippen molar-refractivity contribution in [2.75, 3.05) is 5.75 Å². The first-order chi connectivity index (χ1) is 5.70. The summed E-state index contributed by atoms with van der Waals surface area (Å²) < 4.78 is 22.6. The van der Waals surface area contributed by atoms with Gasteiger partial charge in [0.15, 0.2) is 9.84 Å². The highest BCUT2D eigenvalue weighted by molar-refractivity contribution is 7.92. The van der Waals surface area contributed by atoms with E-state index in [9.17, 15) is 8.42 Å². The average molecular weight is 207 g/mol. The fourth-order valence-corrected chi connectivity index (χ4v) is 2.22. The van der Waals surface area contributed by atoms with Gasteiger partial charge in [0.2, 0.25) is 0 Å². The fraction of sp³-hybridized carbons (Fsp3) is 1.00. The van der Waals surface area contributed by atoms with Crippen LogP contribution in [0.4, 0.5) is 0 Å². The van der Waals surface area contributed by atoms with Crippen LogP contribution in [0, 0.1) is 0 Å². The molecule has 0 bridgehead atoms. The van der Waals surface area contributed by atoms with Crippen LogP contribution in [0.3, 0.4) is 0 Å². The Morgan fingerprint density at radius 2 is 1.77 bits per heavy atom. The van der Waals surface area contributed by atoms with E-state index < -0.39 is 14.6 Å². The second-order valence-electron chi connectivity index (χ2n) is 4.44. The van der Waals surface area contributed by atoms with Gasteiger partial charge in [0.1, 0.15) is 0 Å². The highest BCUT2D eigenvalue weighted by atomic mass is 32.2. The Bertz CT molecular complexity index is 239. The van der Waals surface area contributed by atoms with E-state index in [1.165, 1.54) is 0 Å². The number of rotatable bonds is 4. The molecule has 0 rings (SSSR count). The van der Waals surface area contributed by atoms with Gasteiger partial charge in [-0.05, 0) is 27.2 Å². The van der Waals surface area contributed by atoms with Gasteiger partial charge in [0, 0.05) is 6.04 Å². The molecule has 0 aromatic rings. The molecule has 0 aromatic heterocycles. The summed E-state index contributed by atoms with van der Waals surface area (Å²) in [6, 6.07) is -0.214. The zero-order valence-corrected chi connectivity index (χ0v) is 9.82. The van der Waals surface area contributed by atoms with Crippen LogP contribution < -0.4 is 5.73 Å². The zero-order chi connectivity index (χ0) is 10.7. The van der Waals surface area contributed by atoms with Gasteiger partial charge in [-0.3, -0.25) is 0 Å². The van der Waals surface area contributed by atoms with Crippen LogP contribution in [0.5, 0.6) is 0 Å². The highest BCUT2D eigenvalue weighted by Crippen LogP contribution is 2.17. The van der Waals surface area contributed by atoms with Crippen molar-refractivity contribution >= 4 is 9.84 Å². The molecule has 4 heteroatoms. The van der Waals surface area contributed by atoms with Crippen molar-refractivity contribution in [1.82, 2.24) is 0 Å². The molecule has 0 saturated heterocycles. The van der Waals surface area contributed by atoms with Gasteiger partial charge in [0.05, 0.1) is 10.5 Å². The summed E-state index contributed by atoms with van der Waals surface area (Å²) in [5.74, 6) is 0.102. The second kappa shape index (κ2) is 4.42. The van der Waals surface area contributed by atoms with Crippen molar-refractivity contribution in [1.29, 1.82) is 0 Å². The van der Waals surface area contributed by atoms with Crippen LogP contribution in [-0.2, 0) is 9.84 Å². The summed E-state index contributed by atoms with van der Waals surface area (Å²) in [6.45, 7) is 7.13. The minimum atomic E-state index is -3.04. The summed E-state index contributed by atoms with van der Waals surface area (Å²) in [4.78, 5) is 0. The predicted molar refractivity (Wildman–Crippen MR) is 56.4 cm³/mol. The van der Waals surface area contributed by atoms with E-state index in [-0.39, 0.29) is 11.8 Å². The lowest BCUT2D eigenvalue weighted by atomic mass is 10.2. The third-order valence-electron chi connectivity index (χ3n) is 2.03. The monoisotopic (exact) mass is 207 g/mol. The molecule has 0 spiro atoms. The number of sulfone groups is 1. The zero-order valence-electron chi connectivity index (χ0n) is 9.00. The third-order valence-corrected chi connectivity index (χ3v) is 4.76. The molecule has 2 N–H and O–H groups in total. The number of hydrogen-bond donors (Lipinski definition) is 1. The lowest BCUT2D eigenvalue weighted by molar-refractivity contribution is 0.545. The Morgan fingerprint density at radius 1 is 1.31 bits per heavy atom. The van der Waals surface area contributed by atoms with Crippen molar-refractivity contribution in [2.45, 2.75) is 51.3 Å². The molecule has 0 radical (unpaired) electrons. The second-order valence-corrected chi connectivity index (χ2v) is 7.23. The molecule has 1 unspecified atom stereocenters. The molecule has 1 atom stereocenters. The first kappa shape index (κ1) is 12.9. The molecule has 0 aliphatic rings. The van der Waals surface area contributed by atoms with Gasteiger partial charge >= 0.3 is 0 Å². The lowest BCUT2D eigenvalue weighted by Crippen LogP contribution is -2.38. The Kier molecular flexibility index (Phi) is 4.39. The van der Waals surface area contributed by atoms with E-state index in [2.05, 4.69) is 0 Å². The van der Waals surface area contributed by atoms with Gasteiger partial charge in [-0.15, -0.1) is 0 Å². The molecule has 0 saturated carbocycles. The number of hydrogen-bond acceptors (Lipinski definition) is 3. The van der Waals surface area contributed by atoms with E-state index in [1.807, 2.05) is 6.92 Å². The fourth-order valence-electron chi connectivity index (χ4n) is 0.986. The van der Waals surface area contributed by atoms with Crippen molar-refractivity contribution in [2.24, 2.45) is 5.73 Å². The maximum atomic E-state index is 11.7. The average Bonchev–Trinajstić information content (AvgIpc) is 1.83. The molecular weight excluding hydrogens is 186 g/mol. The first-order valence-corrected chi connectivity index (χ1v) is 6.34. The van der Waals surface area contributed by atoms with Gasteiger partial charge < -0.3 is 5.73 Å². The van der Waals surface area contributed by atoms with Crippen LogP contribution >= 0.6 is 0 Å². The normalized spacial score (nSPS) is 15.8. The van der Waals surface area contributed by atoms with E-state index >= 15 is 0 Å². The van der Waals surface area contributed by atoms with Gasteiger partial charge in [-0.2, -0.15) is 0 Å². The minimum absolute atomic E-state index is 0.102. The standard InChI is InChI=1S/C9H21NO2S/c1-5-6-8(10)7-13(11,12)9(2,3)4/h8H,5-7,10H2,1-4H3. The summed E-state index contributed by atoms with van der Waals surface area (Å²) in [5.41, 5.74) is 5.69. The van der Waals surface area contributed by atoms with Crippen LogP contribution in [0.15, 0.2) is 0 Å². The summed E-state index contributed by atoms with van der Waals surface area (Å²) in [6.07, 6.45) is 1.70. The number of nitrogens with two attached hydrogens (primary N) is 1. The highest BCUT2D eigenvalue weighted by Gasteiger charge is 2.30. The molecular formula is C9H21NO2S. The van der Waals surface area contributed by atoms with Crippen LogP contribution in [0.1, 0.15) is 40.5 Å². The summed E-state index contributed by atoms with van der Waals surface area (Å²) in [7, 11) is -3.04. The molecule has 3 nitrogen and oxygen atoms in total. The van der Waals surface area contributed by atoms with Gasteiger partial charge in [-0.1, -0.05) is 13.3 Å². The summed E-state index contributed by atoms with van der Waals surface area (Å²) >= 11 is 0. The van der Waals surface area contributed by atoms with Crippen molar-refractivity contribution in [3.8, 4) is 0 Å². The first-order valence-electron chi connectivity index (χ1n) is 4.68. The Morgan fingerprint density at radius 3 is 2.08 bits per heavy atom. The molecule has 0 heterocycles. The SMILES string of the molecule is CCCC(N)CS(=O)(=O)C(C)(C)C. The summed E-state index contributed by atoms with van der Waals surface area (Å²) in [5, 5.41) is 0. The van der Waals surface area contributed by atoms with E-state index in [0.717, 1.165) is 12.8 Å². The van der Waals surface area contributed by atoms with Crippen LogP contribution in [0.2, 0.25) is 0 Å². The van der Waals surface area contributed by atoms with Gasteiger partial charge in [-0.25, -0.2) is 8.42 Å². The largest absolute Gasteiger partial charge is 0.327 e. The molecule has 0 aliphatic carbocycles. The van der Waals surface area contributed by atoms with Crippen LogP contribution in [0.25, 0.3) is 0 Å². The molecule has 0 fully saturated rings. The molecule has 0 aliphatic heterocycles.